The summed E-state index contributed by atoms with van der Waals surface area (Å²) in [4.78, 5) is 10.5. The van der Waals surface area contributed by atoms with Gasteiger partial charge in [0.15, 0.2) is 0 Å². The minimum Gasteiger partial charge on any atom is -0.491 e. The van der Waals surface area contributed by atoms with Gasteiger partial charge in [0.2, 0.25) is 0 Å². The topological polar surface area (TPSA) is 73.6 Å². The molecular formula is C14H20N2O4. The molecular weight excluding hydrogens is 260 g/mol. The molecule has 6 nitrogen and oxygen atoms in total. The van der Waals surface area contributed by atoms with Crippen LogP contribution in [0, 0.1) is 10.1 Å². The van der Waals surface area contributed by atoms with E-state index in [1.165, 1.54) is 12.1 Å². The highest BCUT2D eigenvalue weighted by Gasteiger charge is 2.17. The maximum absolute atomic E-state index is 10.9. The molecule has 2 rings (SSSR count). The number of hydrogen-bond acceptors (Lipinski definition) is 5. The molecule has 0 saturated carbocycles. The Bertz CT molecular complexity index is 458. The highest BCUT2D eigenvalue weighted by Crippen LogP contribution is 2.26. The van der Waals surface area contributed by atoms with Crippen LogP contribution in [0.15, 0.2) is 18.2 Å². The van der Waals surface area contributed by atoms with Crippen LogP contribution < -0.4 is 10.1 Å². The first-order chi connectivity index (χ1) is 9.69. The maximum atomic E-state index is 10.9. The predicted octanol–water partition coefficient (Wildman–Crippen LogP) is 2.97. The number of nitro groups is 1. The number of non-ortho nitro benzene ring substituents is 1. The maximum Gasteiger partial charge on any atom is 0.275 e. The molecule has 1 N–H and O–H groups in total. The van der Waals surface area contributed by atoms with Crippen molar-refractivity contribution in [3.63, 3.8) is 0 Å². The number of ether oxygens (including phenoxy) is 2. The Morgan fingerprint density at radius 1 is 1.50 bits per heavy atom. The van der Waals surface area contributed by atoms with Crippen molar-refractivity contribution >= 4 is 11.4 Å². The molecule has 1 aromatic rings. The molecule has 0 radical (unpaired) electrons. The summed E-state index contributed by atoms with van der Waals surface area (Å²) in [6, 6.07) is 4.76. The van der Waals surface area contributed by atoms with Crippen molar-refractivity contribution in [3.05, 3.63) is 28.3 Å². The third-order valence-electron chi connectivity index (χ3n) is 3.14. The number of nitro benzene ring substituents is 1. The summed E-state index contributed by atoms with van der Waals surface area (Å²) in [5.74, 6) is 0.508. The van der Waals surface area contributed by atoms with Gasteiger partial charge in [-0.15, -0.1) is 0 Å². The van der Waals surface area contributed by atoms with Gasteiger partial charge in [-0.25, -0.2) is 0 Å². The Balaban J connectivity index is 2.04. The van der Waals surface area contributed by atoms with Crippen LogP contribution in [0.4, 0.5) is 11.4 Å². The van der Waals surface area contributed by atoms with Crippen LogP contribution in [0.25, 0.3) is 0 Å². The van der Waals surface area contributed by atoms with Gasteiger partial charge in [-0.3, -0.25) is 10.1 Å². The zero-order valence-electron chi connectivity index (χ0n) is 11.6. The van der Waals surface area contributed by atoms with Crippen LogP contribution in [0.1, 0.15) is 26.2 Å². The first kappa shape index (κ1) is 14.6. The fourth-order valence-electron chi connectivity index (χ4n) is 2.11. The van der Waals surface area contributed by atoms with E-state index in [0.717, 1.165) is 32.4 Å². The fraction of sp³-hybridized carbons (Fsp3) is 0.571. The molecule has 6 heteroatoms. The number of hydrogen-bond donors (Lipinski definition) is 1. The van der Waals surface area contributed by atoms with Gasteiger partial charge in [-0.1, -0.05) is 6.92 Å². The Kier molecular flexibility index (Phi) is 5.17. The molecule has 1 aliphatic rings. The van der Waals surface area contributed by atoms with Crippen molar-refractivity contribution in [2.45, 2.75) is 32.3 Å². The highest BCUT2D eigenvalue weighted by molar-refractivity contribution is 5.56. The Morgan fingerprint density at radius 3 is 3.00 bits per heavy atom. The first-order valence-corrected chi connectivity index (χ1v) is 6.97. The second-order valence-electron chi connectivity index (χ2n) is 4.85. The zero-order valence-corrected chi connectivity index (χ0v) is 11.6. The number of nitrogens with one attached hydrogen (secondary N) is 1. The van der Waals surface area contributed by atoms with E-state index in [1.54, 1.807) is 6.07 Å². The quantitative estimate of drug-likeness (QED) is 0.614. The van der Waals surface area contributed by atoms with E-state index in [4.69, 9.17) is 9.47 Å². The SMILES string of the molecule is CCCNc1cc(OCC2CCCO2)cc([N+](=O)[O-])c1. The Morgan fingerprint density at radius 2 is 2.35 bits per heavy atom. The van der Waals surface area contributed by atoms with Gasteiger partial charge in [0, 0.05) is 31.0 Å². The molecule has 0 bridgehead atoms. The van der Waals surface area contributed by atoms with Crippen LogP contribution in [0.2, 0.25) is 0 Å². The molecule has 20 heavy (non-hydrogen) atoms. The van der Waals surface area contributed by atoms with Crippen molar-refractivity contribution in [2.75, 3.05) is 25.1 Å². The van der Waals surface area contributed by atoms with Crippen molar-refractivity contribution in [1.82, 2.24) is 0 Å². The minimum absolute atomic E-state index is 0.0356. The van der Waals surface area contributed by atoms with Gasteiger partial charge in [0.25, 0.3) is 5.69 Å². The zero-order chi connectivity index (χ0) is 14.4. The van der Waals surface area contributed by atoms with Gasteiger partial charge in [0.1, 0.15) is 12.4 Å². The summed E-state index contributed by atoms with van der Waals surface area (Å²) >= 11 is 0. The molecule has 1 atom stereocenters. The van der Waals surface area contributed by atoms with Crippen LogP contribution >= 0.6 is 0 Å². The minimum atomic E-state index is -0.407. The summed E-state index contributed by atoms with van der Waals surface area (Å²) < 4.78 is 11.1. The summed E-state index contributed by atoms with van der Waals surface area (Å²) in [5.41, 5.74) is 0.747. The average molecular weight is 280 g/mol. The van der Waals surface area contributed by atoms with E-state index in [9.17, 15) is 10.1 Å². The third kappa shape index (κ3) is 4.09. The van der Waals surface area contributed by atoms with Crippen molar-refractivity contribution < 1.29 is 14.4 Å². The number of rotatable bonds is 7. The molecule has 0 aliphatic carbocycles. The van der Waals surface area contributed by atoms with Gasteiger partial charge in [-0.2, -0.15) is 0 Å². The van der Waals surface area contributed by atoms with E-state index in [2.05, 4.69) is 5.32 Å². The molecule has 110 valence electrons. The smallest absolute Gasteiger partial charge is 0.275 e. The summed E-state index contributed by atoms with van der Waals surface area (Å²) in [5, 5.41) is 14.1. The lowest BCUT2D eigenvalue weighted by atomic mass is 10.2. The summed E-state index contributed by atoms with van der Waals surface area (Å²) in [6.07, 6.45) is 3.08. The number of benzene rings is 1. The molecule has 1 saturated heterocycles. The van der Waals surface area contributed by atoms with Gasteiger partial charge < -0.3 is 14.8 Å². The lowest BCUT2D eigenvalue weighted by Gasteiger charge is -2.13. The Labute approximate surface area is 118 Å². The highest BCUT2D eigenvalue weighted by atomic mass is 16.6. The van der Waals surface area contributed by atoms with E-state index >= 15 is 0 Å². The van der Waals surface area contributed by atoms with Gasteiger partial charge in [0.05, 0.1) is 17.1 Å². The normalized spacial score (nSPS) is 17.9. The summed E-state index contributed by atoms with van der Waals surface area (Å²) in [7, 11) is 0. The van der Waals surface area contributed by atoms with Gasteiger partial charge in [-0.05, 0) is 19.3 Å². The monoisotopic (exact) mass is 280 g/mol. The molecule has 1 heterocycles. The average Bonchev–Trinajstić information content (AvgIpc) is 2.96. The molecule has 1 aromatic carbocycles. The van der Waals surface area contributed by atoms with Crippen molar-refractivity contribution in [2.24, 2.45) is 0 Å². The van der Waals surface area contributed by atoms with E-state index in [-0.39, 0.29) is 11.8 Å². The molecule has 1 aliphatic heterocycles. The molecule has 0 aromatic heterocycles. The van der Waals surface area contributed by atoms with Crippen LogP contribution in [0.3, 0.4) is 0 Å². The van der Waals surface area contributed by atoms with Crippen LogP contribution in [-0.2, 0) is 4.74 Å². The molecule has 1 unspecified atom stereocenters. The van der Waals surface area contributed by atoms with E-state index in [0.29, 0.717) is 18.0 Å². The second kappa shape index (κ2) is 7.09. The number of anilines is 1. The second-order valence-corrected chi connectivity index (χ2v) is 4.85. The lowest BCUT2D eigenvalue weighted by molar-refractivity contribution is -0.384. The van der Waals surface area contributed by atoms with Gasteiger partial charge >= 0.3 is 0 Å². The fourth-order valence-corrected chi connectivity index (χ4v) is 2.11. The van der Waals surface area contributed by atoms with Crippen molar-refractivity contribution in [1.29, 1.82) is 0 Å². The molecule has 1 fully saturated rings. The lowest BCUT2D eigenvalue weighted by Crippen LogP contribution is -2.16. The standard InChI is InChI=1S/C14H20N2O4/c1-2-5-15-11-7-12(16(17)18)9-14(8-11)20-10-13-4-3-6-19-13/h7-9,13,15H,2-6,10H2,1H3. The predicted molar refractivity (Wildman–Crippen MR) is 76.3 cm³/mol. The third-order valence-corrected chi connectivity index (χ3v) is 3.14. The number of nitrogens with zero attached hydrogens (tertiary/aromatic N) is 1. The van der Waals surface area contributed by atoms with E-state index in [1.807, 2.05) is 6.92 Å². The van der Waals surface area contributed by atoms with E-state index < -0.39 is 4.92 Å². The van der Waals surface area contributed by atoms with Crippen LogP contribution in [0.5, 0.6) is 5.75 Å². The first-order valence-electron chi connectivity index (χ1n) is 6.97. The van der Waals surface area contributed by atoms with Crippen LogP contribution in [-0.4, -0.2) is 30.8 Å². The summed E-state index contributed by atoms with van der Waals surface area (Å²) in [6.45, 7) is 4.02. The van der Waals surface area contributed by atoms with Crippen molar-refractivity contribution in [3.8, 4) is 5.75 Å². The molecule has 0 amide bonds. The largest absolute Gasteiger partial charge is 0.491 e. The molecule has 0 spiro atoms. The Hall–Kier alpha value is -1.82.